The van der Waals surface area contributed by atoms with E-state index in [1.807, 2.05) is 0 Å². The first kappa shape index (κ1) is 13.0. The molecule has 0 aromatic heterocycles. The largest absolute Gasteiger partial charge is 0.306 e. The third-order valence-corrected chi connectivity index (χ3v) is 2.76. The zero-order valence-corrected chi connectivity index (χ0v) is 9.97. The summed E-state index contributed by atoms with van der Waals surface area (Å²) in [6, 6.07) is 0.825. The molecule has 0 aliphatic rings. The topological polar surface area (TPSA) is 3.24 Å². The lowest BCUT2D eigenvalue weighted by molar-refractivity contribution is 0.253. The smallest absolute Gasteiger partial charge is 0.00891 e. The molecule has 1 atom stereocenters. The third-order valence-electron chi connectivity index (χ3n) is 2.76. The molecule has 0 spiro atoms. The molecule has 0 aliphatic carbocycles. The first-order valence-corrected chi connectivity index (χ1v) is 5.88. The molecule has 0 saturated heterocycles. The molecule has 0 fully saturated rings. The third kappa shape index (κ3) is 7.06. The van der Waals surface area contributed by atoms with Gasteiger partial charge in [-0.2, -0.15) is 0 Å². The lowest BCUT2D eigenvalue weighted by Gasteiger charge is -2.24. The highest BCUT2D eigenvalue weighted by Gasteiger charge is 2.09. The van der Waals surface area contributed by atoms with Crippen LogP contribution >= 0.6 is 0 Å². The lowest BCUT2D eigenvalue weighted by Crippen LogP contribution is -2.27. The van der Waals surface area contributed by atoms with E-state index in [9.17, 15) is 0 Å². The van der Waals surface area contributed by atoms with Crippen LogP contribution < -0.4 is 0 Å². The van der Waals surface area contributed by atoms with Crippen molar-refractivity contribution in [2.24, 2.45) is 0 Å². The van der Waals surface area contributed by atoms with Crippen LogP contribution in [-0.2, 0) is 0 Å². The highest BCUT2D eigenvalue weighted by Crippen LogP contribution is 2.13. The van der Waals surface area contributed by atoms with Crippen molar-refractivity contribution in [3.63, 3.8) is 0 Å². The van der Waals surface area contributed by atoms with Crippen LogP contribution in [0.2, 0.25) is 0 Å². The molecule has 0 aromatic carbocycles. The number of hydrogen-bond acceptors (Lipinski definition) is 1. The molecule has 0 N–H and O–H groups in total. The SMILES string of the molecule is CCCCC[C@H](CCCC)N(C)C. The molecule has 0 radical (unpaired) electrons. The molecule has 13 heavy (non-hydrogen) atoms. The minimum atomic E-state index is 0.825. The first-order chi connectivity index (χ1) is 6.22. The van der Waals surface area contributed by atoms with Gasteiger partial charge in [0.1, 0.15) is 0 Å². The van der Waals surface area contributed by atoms with E-state index in [4.69, 9.17) is 0 Å². The number of rotatable bonds is 8. The summed E-state index contributed by atoms with van der Waals surface area (Å²) in [6.07, 6.45) is 9.63. The van der Waals surface area contributed by atoms with Crippen LogP contribution in [0.4, 0.5) is 0 Å². The fraction of sp³-hybridized carbons (Fsp3) is 1.00. The van der Waals surface area contributed by atoms with Crippen molar-refractivity contribution < 1.29 is 0 Å². The monoisotopic (exact) mass is 185 g/mol. The number of hydrogen-bond donors (Lipinski definition) is 0. The quantitative estimate of drug-likeness (QED) is 0.521. The van der Waals surface area contributed by atoms with E-state index in [1.54, 1.807) is 0 Å². The fourth-order valence-electron chi connectivity index (χ4n) is 1.73. The second-order valence-electron chi connectivity index (χ2n) is 4.26. The minimum absolute atomic E-state index is 0.825. The molecule has 0 aliphatic heterocycles. The predicted molar refractivity (Wildman–Crippen MR) is 61.1 cm³/mol. The molecule has 0 rings (SSSR count). The summed E-state index contributed by atoms with van der Waals surface area (Å²) < 4.78 is 0. The second kappa shape index (κ2) is 8.55. The van der Waals surface area contributed by atoms with Crippen LogP contribution in [0, 0.1) is 0 Å². The van der Waals surface area contributed by atoms with Crippen molar-refractivity contribution in [3.05, 3.63) is 0 Å². The summed E-state index contributed by atoms with van der Waals surface area (Å²) in [5.74, 6) is 0. The normalized spacial score (nSPS) is 13.6. The van der Waals surface area contributed by atoms with Crippen molar-refractivity contribution in [1.82, 2.24) is 4.90 Å². The van der Waals surface area contributed by atoms with Crippen molar-refractivity contribution >= 4 is 0 Å². The maximum atomic E-state index is 2.39. The summed E-state index contributed by atoms with van der Waals surface area (Å²) in [4.78, 5) is 2.39. The molecule has 0 unspecified atom stereocenters. The van der Waals surface area contributed by atoms with Crippen LogP contribution in [0.15, 0.2) is 0 Å². The van der Waals surface area contributed by atoms with E-state index in [2.05, 4.69) is 32.8 Å². The predicted octanol–water partition coefficient (Wildman–Crippen LogP) is 3.69. The van der Waals surface area contributed by atoms with Gasteiger partial charge in [0.15, 0.2) is 0 Å². The molecule has 1 heteroatoms. The van der Waals surface area contributed by atoms with Gasteiger partial charge in [0.05, 0.1) is 0 Å². The Kier molecular flexibility index (Phi) is 8.53. The molecule has 0 amide bonds. The van der Waals surface area contributed by atoms with E-state index in [1.165, 1.54) is 44.9 Å². The van der Waals surface area contributed by atoms with Gasteiger partial charge in [-0.15, -0.1) is 0 Å². The van der Waals surface area contributed by atoms with E-state index < -0.39 is 0 Å². The van der Waals surface area contributed by atoms with Crippen LogP contribution in [0.25, 0.3) is 0 Å². The molecule has 0 heterocycles. The molecule has 80 valence electrons. The summed E-state index contributed by atoms with van der Waals surface area (Å²) in [6.45, 7) is 4.55. The standard InChI is InChI=1S/C12H27N/c1-5-7-9-11-12(13(3)4)10-8-6-2/h12H,5-11H2,1-4H3/t12-/m0/s1. The Bertz CT molecular complexity index is 99.3. The van der Waals surface area contributed by atoms with Crippen molar-refractivity contribution in [2.75, 3.05) is 14.1 Å². The van der Waals surface area contributed by atoms with Gasteiger partial charge in [0.25, 0.3) is 0 Å². The highest BCUT2D eigenvalue weighted by molar-refractivity contribution is 4.65. The van der Waals surface area contributed by atoms with Gasteiger partial charge in [-0.1, -0.05) is 46.0 Å². The second-order valence-corrected chi connectivity index (χ2v) is 4.26. The van der Waals surface area contributed by atoms with Gasteiger partial charge < -0.3 is 4.90 Å². The van der Waals surface area contributed by atoms with Crippen molar-refractivity contribution in [1.29, 1.82) is 0 Å². The van der Waals surface area contributed by atoms with E-state index in [-0.39, 0.29) is 0 Å². The minimum Gasteiger partial charge on any atom is -0.306 e. The summed E-state index contributed by atoms with van der Waals surface area (Å²) in [7, 11) is 4.43. The van der Waals surface area contributed by atoms with Crippen LogP contribution in [-0.4, -0.2) is 25.0 Å². The van der Waals surface area contributed by atoms with E-state index in [0.29, 0.717) is 0 Å². The number of unbranched alkanes of at least 4 members (excludes halogenated alkanes) is 3. The van der Waals surface area contributed by atoms with Gasteiger partial charge in [0, 0.05) is 6.04 Å². The summed E-state index contributed by atoms with van der Waals surface area (Å²) in [5, 5.41) is 0. The molecule has 0 aromatic rings. The average Bonchev–Trinajstić information content (AvgIpc) is 2.10. The van der Waals surface area contributed by atoms with Gasteiger partial charge in [-0.3, -0.25) is 0 Å². The maximum Gasteiger partial charge on any atom is 0.00891 e. The molecule has 0 saturated carbocycles. The molecule has 0 bridgehead atoms. The van der Waals surface area contributed by atoms with Gasteiger partial charge >= 0.3 is 0 Å². The average molecular weight is 185 g/mol. The molecular formula is C12H27N. The Morgan fingerprint density at radius 3 is 1.85 bits per heavy atom. The zero-order chi connectivity index (χ0) is 10.1. The molecular weight excluding hydrogens is 158 g/mol. The first-order valence-electron chi connectivity index (χ1n) is 5.88. The van der Waals surface area contributed by atoms with Crippen molar-refractivity contribution in [2.45, 2.75) is 64.8 Å². The Labute approximate surface area is 84.5 Å². The Morgan fingerprint density at radius 2 is 1.38 bits per heavy atom. The Morgan fingerprint density at radius 1 is 0.846 bits per heavy atom. The van der Waals surface area contributed by atoms with E-state index in [0.717, 1.165) is 6.04 Å². The Balaban J connectivity index is 3.54. The summed E-state index contributed by atoms with van der Waals surface area (Å²) >= 11 is 0. The number of nitrogens with zero attached hydrogens (tertiary/aromatic N) is 1. The van der Waals surface area contributed by atoms with Gasteiger partial charge in [-0.05, 0) is 26.9 Å². The van der Waals surface area contributed by atoms with Crippen LogP contribution in [0.3, 0.4) is 0 Å². The Hall–Kier alpha value is -0.0400. The molecule has 1 nitrogen and oxygen atoms in total. The van der Waals surface area contributed by atoms with Crippen molar-refractivity contribution in [3.8, 4) is 0 Å². The summed E-state index contributed by atoms with van der Waals surface area (Å²) in [5.41, 5.74) is 0. The zero-order valence-electron chi connectivity index (χ0n) is 9.97. The van der Waals surface area contributed by atoms with E-state index >= 15 is 0 Å². The van der Waals surface area contributed by atoms with Gasteiger partial charge in [-0.25, -0.2) is 0 Å². The lowest BCUT2D eigenvalue weighted by atomic mass is 10.0. The highest BCUT2D eigenvalue weighted by atomic mass is 15.1. The van der Waals surface area contributed by atoms with Crippen LogP contribution in [0.1, 0.15) is 58.8 Å². The van der Waals surface area contributed by atoms with Gasteiger partial charge in [0.2, 0.25) is 0 Å². The fourth-order valence-corrected chi connectivity index (χ4v) is 1.73. The maximum absolute atomic E-state index is 2.39. The van der Waals surface area contributed by atoms with Crippen LogP contribution in [0.5, 0.6) is 0 Å².